The van der Waals surface area contributed by atoms with Gasteiger partial charge in [-0.05, 0) is 43.7 Å². The van der Waals surface area contributed by atoms with Crippen LogP contribution in [0.4, 0.5) is 16.3 Å². The maximum absolute atomic E-state index is 12.1. The third-order valence-electron chi connectivity index (χ3n) is 3.92. The molecule has 2 heterocycles. The van der Waals surface area contributed by atoms with Crippen molar-refractivity contribution >= 4 is 17.5 Å². The average molecular weight is 329 g/mol. The lowest BCUT2D eigenvalue weighted by molar-refractivity contribution is 0.262. The fourth-order valence-electron chi connectivity index (χ4n) is 2.59. The Kier molecular flexibility index (Phi) is 5.32. The van der Waals surface area contributed by atoms with Gasteiger partial charge in [-0.3, -0.25) is 10.4 Å². The van der Waals surface area contributed by atoms with Gasteiger partial charge in [-0.25, -0.2) is 4.79 Å². The normalized spacial score (nSPS) is 13.2. The molecule has 4 N–H and O–H groups in total. The number of fused-ring (bicyclic) bond motifs is 1. The number of unbranched alkanes of at least 4 members (excludes halogenated alkanes) is 1. The molecule has 0 spiro atoms. The summed E-state index contributed by atoms with van der Waals surface area (Å²) in [5.41, 5.74) is 2.81. The third-order valence-corrected chi connectivity index (χ3v) is 3.92. The van der Waals surface area contributed by atoms with Gasteiger partial charge in [0.15, 0.2) is 5.82 Å². The van der Waals surface area contributed by atoms with Crippen molar-refractivity contribution in [2.45, 2.75) is 32.7 Å². The summed E-state index contributed by atoms with van der Waals surface area (Å²) in [6.45, 7) is 4.48. The molecular formula is C17H23N5O2. The number of hydrogen-bond acceptors (Lipinski definition) is 4. The zero-order valence-electron chi connectivity index (χ0n) is 13.8. The molecule has 2 amide bonds. The molecule has 1 aromatic heterocycles. The van der Waals surface area contributed by atoms with Gasteiger partial charge in [-0.15, -0.1) is 0 Å². The Hall–Kier alpha value is -2.54. The maximum Gasteiger partial charge on any atom is 0.324 e. The molecule has 0 saturated heterocycles. The molecule has 0 unspecified atom stereocenters. The molecule has 7 heteroatoms. The minimum Gasteiger partial charge on any atom is -0.494 e. The zero-order chi connectivity index (χ0) is 16.8. The molecule has 0 saturated carbocycles. The predicted octanol–water partition coefficient (Wildman–Crippen LogP) is 2.88. The van der Waals surface area contributed by atoms with E-state index >= 15 is 0 Å². The number of rotatable bonds is 6. The lowest BCUT2D eigenvalue weighted by atomic mass is 10.1. The van der Waals surface area contributed by atoms with Crippen molar-refractivity contribution in [2.75, 3.05) is 23.8 Å². The number of aromatic nitrogens is 2. The highest BCUT2D eigenvalue weighted by molar-refractivity contribution is 5.99. The highest BCUT2D eigenvalue weighted by atomic mass is 16.5. The van der Waals surface area contributed by atoms with Gasteiger partial charge in [0.1, 0.15) is 5.75 Å². The highest BCUT2D eigenvalue weighted by Crippen LogP contribution is 2.20. The summed E-state index contributed by atoms with van der Waals surface area (Å²) < 4.78 is 5.61. The Morgan fingerprint density at radius 3 is 2.92 bits per heavy atom. The molecule has 2 aromatic rings. The van der Waals surface area contributed by atoms with Gasteiger partial charge < -0.3 is 15.4 Å². The Bertz CT molecular complexity index is 681. The van der Waals surface area contributed by atoms with Gasteiger partial charge in [0.25, 0.3) is 0 Å². The fourth-order valence-corrected chi connectivity index (χ4v) is 2.59. The van der Waals surface area contributed by atoms with Crippen LogP contribution in [0.5, 0.6) is 5.75 Å². The molecule has 7 nitrogen and oxygen atoms in total. The number of benzene rings is 1. The first-order valence-electron chi connectivity index (χ1n) is 8.34. The Morgan fingerprint density at radius 2 is 2.12 bits per heavy atom. The van der Waals surface area contributed by atoms with E-state index < -0.39 is 0 Å². The summed E-state index contributed by atoms with van der Waals surface area (Å²) >= 11 is 0. The summed E-state index contributed by atoms with van der Waals surface area (Å²) in [6.07, 6.45) is 2.99. The summed E-state index contributed by atoms with van der Waals surface area (Å²) in [5, 5.41) is 16.0. The second kappa shape index (κ2) is 7.83. The second-order valence-corrected chi connectivity index (χ2v) is 5.76. The summed E-state index contributed by atoms with van der Waals surface area (Å²) in [6, 6.07) is 7.05. The minimum absolute atomic E-state index is 0.303. The molecule has 24 heavy (non-hydrogen) atoms. The molecule has 1 aliphatic heterocycles. The van der Waals surface area contributed by atoms with E-state index in [4.69, 9.17) is 4.74 Å². The monoisotopic (exact) mass is 329 g/mol. The van der Waals surface area contributed by atoms with Crippen LogP contribution in [0.25, 0.3) is 0 Å². The van der Waals surface area contributed by atoms with Crippen LogP contribution in [0.3, 0.4) is 0 Å². The number of carbonyl (C=O) groups excluding carboxylic acids is 1. The maximum atomic E-state index is 12.1. The van der Waals surface area contributed by atoms with Crippen LogP contribution in [0.2, 0.25) is 0 Å². The van der Waals surface area contributed by atoms with E-state index in [1.807, 2.05) is 24.3 Å². The van der Waals surface area contributed by atoms with Gasteiger partial charge in [-0.2, -0.15) is 5.10 Å². The highest BCUT2D eigenvalue weighted by Gasteiger charge is 2.17. The Morgan fingerprint density at radius 1 is 1.29 bits per heavy atom. The molecule has 0 atom stereocenters. The van der Waals surface area contributed by atoms with E-state index in [0.29, 0.717) is 18.1 Å². The van der Waals surface area contributed by atoms with Gasteiger partial charge in [0, 0.05) is 17.8 Å². The first-order chi connectivity index (χ1) is 11.8. The molecule has 128 valence electrons. The number of ether oxygens (including phenoxy) is 1. The van der Waals surface area contributed by atoms with Crippen LogP contribution in [0, 0.1) is 0 Å². The number of urea groups is 1. The molecule has 1 aliphatic rings. The number of nitrogens with one attached hydrogen (secondary N) is 4. The van der Waals surface area contributed by atoms with Crippen LogP contribution in [-0.2, 0) is 13.0 Å². The molecule has 3 rings (SSSR count). The minimum atomic E-state index is -0.303. The standard InChI is InChI=1S/C17H23N5O2/c1-2-3-10-24-13-6-4-12(5-7-13)19-17(23)20-16-14-8-9-18-11-15(14)21-22-16/h4-7,18H,2-3,8-11H2,1H3,(H3,19,20,21,22,23). The summed E-state index contributed by atoms with van der Waals surface area (Å²) in [5.74, 6) is 1.41. The van der Waals surface area contributed by atoms with Gasteiger partial charge in [0.05, 0.1) is 12.3 Å². The Balaban J connectivity index is 1.54. The van der Waals surface area contributed by atoms with Crippen molar-refractivity contribution in [3.05, 3.63) is 35.5 Å². The lowest BCUT2D eigenvalue weighted by Crippen LogP contribution is -2.25. The van der Waals surface area contributed by atoms with E-state index in [1.165, 1.54) is 0 Å². The number of amides is 2. The number of carbonyl (C=O) groups is 1. The van der Waals surface area contributed by atoms with Crippen molar-refractivity contribution in [1.82, 2.24) is 15.5 Å². The second-order valence-electron chi connectivity index (χ2n) is 5.76. The number of anilines is 2. The third kappa shape index (κ3) is 4.05. The average Bonchev–Trinajstić information content (AvgIpc) is 3.00. The van der Waals surface area contributed by atoms with E-state index in [2.05, 4.69) is 33.1 Å². The van der Waals surface area contributed by atoms with Crippen LogP contribution in [0.1, 0.15) is 31.0 Å². The smallest absolute Gasteiger partial charge is 0.324 e. The largest absolute Gasteiger partial charge is 0.494 e. The van der Waals surface area contributed by atoms with Crippen molar-refractivity contribution in [1.29, 1.82) is 0 Å². The number of aromatic amines is 1. The van der Waals surface area contributed by atoms with Crippen LogP contribution < -0.4 is 20.7 Å². The molecular weight excluding hydrogens is 306 g/mol. The predicted molar refractivity (Wildman–Crippen MR) is 93.5 cm³/mol. The quantitative estimate of drug-likeness (QED) is 0.613. The molecule has 0 bridgehead atoms. The van der Waals surface area contributed by atoms with Crippen LogP contribution in [-0.4, -0.2) is 29.4 Å². The van der Waals surface area contributed by atoms with E-state index in [9.17, 15) is 4.79 Å². The van der Waals surface area contributed by atoms with E-state index in [1.54, 1.807) is 0 Å². The summed E-state index contributed by atoms with van der Waals surface area (Å²) in [4.78, 5) is 12.1. The van der Waals surface area contributed by atoms with E-state index in [-0.39, 0.29) is 6.03 Å². The number of hydrogen-bond donors (Lipinski definition) is 4. The molecule has 0 radical (unpaired) electrons. The first-order valence-corrected chi connectivity index (χ1v) is 8.34. The van der Waals surface area contributed by atoms with Crippen molar-refractivity contribution in [2.24, 2.45) is 0 Å². The molecule has 1 aromatic carbocycles. The fraction of sp³-hybridized carbons (Fsp3) is 0.412. The van der Waals surface area contributed by atoms with Crippen molar-refractivity contribution in [3.63, 3.8) is 0 Å². The number of H-pyrrole nitrogens is 1. The number of nitrogens with zero attached hydrogens (tertiary/aromatic N) is 1. The van der Waals surface area contributed by atoms with Crippen LogP contribution in [0.15, 0.2) is 24.3 Å². The van der Waals surface area contributed by atoms with Crippen LogP contribution >= 0.6 is 0 Å². The first kappa shape index (κ1) is 16.3. The zero-order valence-corrected chi connectivity index (χ0v) is 13.8. The van der Waals surface area contributed by atoms with Gasteiger partial charge >= 0.3 is 6.03 Å². The van der Waals surface area contributed by atoms with E-state index in [0.717, 1.165) is 49.4 Å². The topological polar surface area (TPSA) is 91.1 Å². The van der Waals surface area contributed by atoms with Crippen molar-refractivity contribution in [3.8, 4) is 5.75 Å². The molecule has 0 fully saturated rings. The Labute approximate surface area is 141 Å². The molecule has 0 aliphatic carbocycles. The summed E-state index contributed by atoms with van der Waals surface area (Å²) in [7, 11) is 0. The lowest BCUT2D eigenvalue weighted by Gasteiger charge is -2.13. The SMILES string of the molecule is CCCCOc1ccc(NC(=O)Nc2n[nH]c3c2CCNC3)cc1. The van der Waals surface area contributed by atoms with Gasteiger partial charge in [-0.1, -0.05) is 13.3 Å². The van der Waals surface area contributed by atoms with Gasteiger partial charge in [0.2, 0.25) is 0 Å². The van der Waals surface area contributed by atoms with Crippen molar-refractivity contribution < 1.29 is 9.53 Å².